The fourth-order valence-electron chi connectivity index (χ4n) is 2.37. The van der Waals surface area contributed by atoms with Crippen molar-refractivity contribution in [2.75, 3.05) is 16.8 Å². The lowest BCUT2D eigenvalue weighted by Gasteiger charge is -2.24. The van der Waals surface area contributed by atoms with Gasteiger partial charge in [-0.15, -0.1) is 0 Å². The van der Waals surface area contributed by atoms with Crippen molar-refractivity contribution in [3.8, 4) is 0 Å². The molecule has 19 heavy (non-hydrogen) atoms. The third-order valence-corrected chi connectivity index (χ3v) is 3.63. The number of hydrogen-bond donors (Lipinski definition) is 2. The van der Waals surface area contributed by atoms with Gasteiger partial charge in [-0.05, 0) is 22.4 Å². The Balaban J connectivity index is 1.84. The number of nitrogens with one attached hydrogen (secondary N) is 2. The van der Waals surface area contributed by atoms with Crippen LogP contribution in [0.1, 0.15) is 12.8 Å². The van der Waals surface area contributed by atoms with Gasteiger partial charge in [0.25, 0.3) is 0 Å². The SMILES string of the molecule is O=CC1Nc2ncc(Br)nc2N1CC1CCC(=O)N1. The zero-order valence-corrected chi connectivity index (χ0v) is 11.6. The molecule has 0 bridgehead atoms. The Hall–Kier alpha value is -1.70. The number of carbonyl (C=O) groups is 2. The number of halogens is 1. The minimum Gasteiger partial charge on any atom is -0.352 e. The Kier molecular flexibility index (Phi) is 3.09. The summed E-state index contributed by atoms with van der Waals surface area (Å²) in [4.78, 5) is 32.7. The fourth-order valence-corrected chi connectivity index (χ4v) is 2.64. The maximum Gasteiger partial charge on any atom is 0.220 e. The molecular formula is C11H12BrN5O2. The van der Waals surface area contributed by atoms with Crippen molar-refractivity contribution in [3.63, 3.8) is 0 Å². The molecule has 1 aromatic heterocycles. The summed E-state index contributed by atoms with van der Waals surface area (Å²) >= 11 is 3.27. The Labute approximate surface area is 117 Å². The molecule has 2 unspecified atom stereocenters. The molecule has 1 fully saturated rings. The first-order chi connectivity index (χ1) is 9.17. The van der Waals surface area contributed by atoms with E-state index in [1.807, 2.05) is 4.90 Å². The van der Waals surface area contributed by atoms with Crippen LogP contribution in [0.5, 0.6) is 0 Å². The second kappa shape index (κ2) is 4.76. The van der Waals surface area contributed by atoms with Crippen LogP contribution in [0.15, 0.2) is 10.8 Å². The maximum atomic E-state index is 11.2. The highest BCUT2D eigenvalue weighted by atomic mass is 79.9. The van der Waals surface area contributed by atoms with Crippen LogP contribution in [0, 0.1) is 0 Å². The van der Waals surface area contributed by atoms with Crippen LogP contribution >= 0.6 is 15.9 Å². The molecule has 1 aromatic rings. The summed E-state index contributed by atoms with van der Waals surface area (Å²) in [5, 5.41) is 5.88. The van der Waals surface area contributed by atoms with Gasteiger partial charge in [0, 0.05) is 19.0 Å². The lowest BCUT2D eigenvalue weighted by Crippen LogP contribution is -2.45. The molecule has 0 spiro atoms. The van der Waals surface area contributed by atoms with E-state index in [9.17, 15) is 9.59 Å². The molecule has 2 aliphatic heterocycles. The minimum atomic E-state index is -0.484. The molecule has 8 heteroatoms. The van der Waals surface area contributed by atoms with Crippen LogP contribution in [0.2, 0.25) is 0 Å². The van der Waals surface area contributed by atoms with Crippen molar-refractivity contribution in [1.82, 2.24) is 15.3 Å². The summed E-state index contributed by atoms with van der Waals surface area (Å²) in [6, 6.07) is 0.0449. The van der Waals surface area contributed by atoms with Gasteiger partial charge in [0.15, 0.2) is 24.1 Å². The molecule has 2 atom stereocenters. The van der Waals surface area contributed by atoms with Gasteiger partial charge < -0.3 is 15.5 Å². The molecule has 100 valence electrons. The van der Waals surface area contributed by atoms with Gasteiger partial charge in [0.05, 0.1) is 6.20 Å². The lowest BCUT2D eigenvalue weighted by molar-refractivity contribution is -0.119. The molecule has 0 saturated carbocycles. The second-order valence-corrected chi connectivity index (χ2v) is 5.36. The van der Waals surface area contributed by atoms with Crippen molar-refractivity contribution in [3.05, 3.63) is 10.8 Å². The number of aldehydes is 1. The summed E-state index contributed by atoms with van der Waals surface area (Å²) < 4.78 is 0.611. The highest BCUT2D eigenvalue weighted by Gasteiger charge is 2.34. The number of aromatic nitrogens is 2. The van der Waals surface area contributed by atoms with Crippen LogP contribution in [-0.2, 0) is 9.59 Å². The van der Waals surface area contributed by atoms with Gasteiger partial charge in [0.1, 0.15) is 4.60 Å². The molecule has 0 aliphatic carbocycles. The second-order valence-electron chi connectivity index (χ2n) is 4.55. The predicted octanol–water partition coefficient (Wildman–Crippen LogP) is 0.275. The Bertz CT molecular complexity index is 538. The molecule has 1 amide bonds. The summed E-state index contributed by atoms with van der Waals surface area (Å²) in [5.41, 5.74) is 0. The van der Waals surface area contributed by atoms with Crippen molar-refractivity contribution >= 4 is 39.8 Å². The summed E-state index contributed by atoms with van der Waals surface area (Å²) in [6.45, 7) is 0.542. The average molecular weight is 326 g/mol. The third kappa shape index (κ3) is 2.27. The Morgan fingerprint density at radius 2 is 2.37 bits per heavy atom. The molecule has 0 aromatic carbocycles. The van der Waals surface area contributed by atoms with Gasteiger partial charge in [-0.2, -0.15) is 0 Å². The van der Waals surface area contributed by atoms with E-state index < -0.39 is 6.17 Å². The lowest BCUT2D eigenvalue weighted by atomic mass is 10.2. The van der Waals surface area contributed by atoms with Crippen LogP contribution in [-0.4, -0.2) is 40.9 Å². The predicted molar refractivity (Wildman–Crippen MR) is 71.7 cm³/mol. The smallest absolute Gasteiger partial charge is 0.220 e. The average Bonchev–Trinajstić information content (AvgIpc) is 2.94. The van der Waals surface area contributed by atoms with E-state index in [1.165, 1.54) is 0 Å². The number of rotatable bonds is 3. The molecule has 0 radical (unpaired) electrons. The topological polar surface area (TPSA) is 87.2 Å². The number of hydrogen-bond acceptors (Lipinski definition) is 6. The first-order valence-corrected chi connectivity index (χ1v) is 6.77. The van der Waals surface area contributed by atoms with E-state index in [-0.39, 0.29) is 11.9 Å². The van der Waals surface area contributed by atoms with Crippen LogP contribution in [0.4, 0.5) is 11.6 Å². The zero-order valence-electron chi connectivity index (χ0n) is 9.97. The van der Waals surface area contributed by atoms with E-state index >= 15 is 0 Å². The van der Waals surface area contributed by atoms with Gasteiger partial charge in [-0.3, -0.25) is 9.59 Å². The highest BCUT2D eigenvalue weighted by molar-refractivity contribution is 9.10. The summed E-state index contributed by atoms with van der Waals surface area (Å²) in [6.07, 6.45) is 3.22. The quantitative estimate of drug-likeness (QED) is 0.776. The van der Waals surface area contributed by atoms with E-state index in [0.717, 1.165) is 12.7 Å². The number of amides is 1. The molecule has 7 nitrogen and oxygen atoms in total. The van der Waals surface area contributed by atoms with E-state index in [0.29, 0.717) is 29.2 Å². The molecule has 2 aliphatic rings. The standard InChI is InChI=1S/C11H12BrN5O2/c12-7-3-13-10-11(15-7)17(8(5-18)16-10)4-6-1-2-9(19)14-6/h3,5-6,8H,1-2,4H2,(H,13,16)(H,14,19). The van der Waals surface area contributed by atoms with Gasteiger partial charge in [-0.25, -0.2) is 9.97 Å². The first kappa shape index (κ1) is 12.3. The monoisotopic (exact) mass is 325 g/mol. The third-order valence-electron chi connectivity index (χ3n) is 3.25. The van der Waals surface area contributed by atoms with Crippen molar-refractivity contribution in [2.45, 2.75) is 25.0 Å². The van der Waals surface area contributed by atoms with Crippen LogP contribution in [0.3, 0.4) is 0 Å². The number of anilines is 2. The van der Waals surface area contributed by atoms with Crippen LogP contribution < -0.4 is 15.5 Å². The molecule has 3 heterocycles. The highest BCUT2D eigenvalue weighted by Crippen LogP contribution is 2.31. The van der Waals surface area contributed by atoms with E-state index in [4.69, 9.17) is 0 Å². The summed E-state index contributed by atoms with van der Waals surface area (Å²) in [5.74, 6) is 1.28. The number of carbonyl (C=O) groups excluding carboxylic acids is 2. The van der Waals surface area contributed by atoms with Gasteiger partial charge >= 0.3 is 0 Å². The largest absolute Gasteiger partial charge is 0.352 e. The minimum absolute atomic E-state index is 0.0449. The van der Waals surface area contributed by atoms with Crippen molar-refractivity contribution in [1.29, 1.82) is 0 Å². The molecule has 3 rings (SSSR count). The number of fused-ring (bicyclic) bond motifs is 1. The molecular weight excluding hydrogens is 314 g/mol. The molecule has 1 saturated heterocycles. The van der Waals surface area contributed by atoms with Crippen molar-refractivity contribution < 1.29 is 9.59 Å². The maximum absolute atomic E-state index is 11.2. The first-order valence-electron chi connectivity index (χ1n) is 5.98. The van der Waals surface area contributed by atoms with Crippen molar-refractivity contribution in [2.24, 2.45) is 0 Å². The normalized spacial score (nSPS) is 24.9. The number of nitrogens with zero attached hydrogens (tertiary/aromatic N) is 3. The zero-order chi connectivity index (χ0) is 13.4. The summed E-state index contributed by atoms with van der Waals surface area (Å²) in [7, 11) is 0. The van der Waals surface area contributed by atoms with E-state index in [2.05, 4.69) is 36.5 Å². The fraction of sp³-hybridized carbons (Fsp3) is 0.455. The van der Waals surface area contributed by atoms with Crippen LogP contribution in [0.25, 0.3) is 0 Å². The Morgan fingerprint density at radius 3 is 3.05 bits per heavy atom. The molecule has 2 N–H and O–H groups in total. The van der Waals surface area contributed by atoms with Gasteiger partial charge in [-0.1, -0.05) is 0 Å². The van der Waals surface area contributed by atoms with E-state index in [1.54, 1.807) is 6.20 Å². The van der Waals surface area contributed by atoms with Gasteiger partial charge in [0.2, 0.25) is 5.91 Å². The Morgan fingerprint density at radius 1 is 1.53 bits per heavy atom.